The normalized spacial score (nSPS) is 16.9. The zero-order chi connectivity index (χ0) is 19.8. The molecular formula is C23H28N4O. The molecule has 1 aliphatic rings. The van der Waals surface area contributed by atoms with Crippen LogP contribution in [0.1, 0.15) is 29.5 Å². The van der Waals surface area contributed by atoms with E-state index >= 15 is 0 Å². The van der Waals surface area contributed by atoms with Crippen molar-refractivity contribution in [3.8, 4) is 6.07 Å². The van der Waals surface area contributed by atoms with E-state index in [9.17, 15) is 4.79 Å². The Morgan fingerprint density at radius 2 is 1.93 bits per heavy atom. The van der Waals surface area contributed by atoms with Gasteiger partial charge in [0.2, 0.25) is 0 Å². The molecule has 1 fully saturated rings. The van der Waals surface area contributed by atoms with Gasteiger partial charge in [-0.25, -0.2) is 4.79 Å². The molecule has 2 amide bonds. The second kappa shape index (κ2) is 9.91. The molecule has 0 saturated carbocycles. The Bertz CT molecular complexity index is 798. The Balaban J connectivity index is 1.43. The Labute approximate surface area is 167 Å². The van der Waals surface area contributed by atoms with E-state index in [0.717, 1.165) is 31.6 Å². The number of benzene rings is 2. The van der Waals surface area contributed by atoms with Crippen molar-refractivity contribution in [2.45, 2.75) is 25.9 Å². The van der Waals surface area contributed by atoms with Crippen molar-refractivity contribution >= 4 is 6.03 Å². The Morgan fingerprint density at radius 3 is 2.64 bits per heavy atom. The van der Waals surface area contributed by atoms with Crippen molar-refractivity contribution in [3.63, 3.8) is 0 Å². The molecule has 146 valence electrons. The molecule has 1 saturated heterocycles. The minimum absolute atomic E-state index is 0.0513. The van der Waals surface area contributed by atoms with Crippen LogP contribution in [0.2, 0.25) is 0 Å². The maximum Gasteiger partial charge on any atom is 0.317 e. The summed E-state index contributed by atoms with van der Waals surface area (Å²) < 4.78 is 0. The third kappa shape index (κ3) is 5.83. The van der Waals surface area contributed by atoms with Crippen molar-refractivity contribution < 1.29 is 4.79 Å². The number of nitrogens with one attached hydrogen (secondary N) is 1. The van der Waals surface area contributed by atoms with Gasteiger partial charge < -0.3 is 10.2 Å². The van der Waals surface area contributed by atoms with Gasteiger partial charge >= 0.3 is 6.03 Å². The average Bonchev–Trinajstić information content (AvgIpc) is 2.73. The number of carbonyl (C=O) groups excluding carboxylic acids is 1. The molecule has 28 heavy (non-hydrogen) atoms. The highest BCUT2D eigenvalue weighted by molar-refractivity contribution is 5.73. The quantitative estimate of drug-likeness (QED) is 0.838. The molecule has 0 spiro atoms. The molecule has 1 heterocycles. The van der Waals surface area contributed by atoms with E-state index < -0.39 is 0 Å². The zero-order valence-electron chi connectivity index (χ0n) is 16.5. The highest BCUT2D eigenvalue weighted by Gasteiger charge is 2.21. The van der Waals surface area contributed by atoms with E-state index in [4.69, 9.17) is 5.26 Å². The fraction of sp³-hybridized carbons (Fsp3) is 0.391. The maximum atomic E-state index is 12.4. The number of amides is 2. The summed E-state index contributed by atoms with van der Waals surface area (Å²) in [5.74, 6) is 0.490. The van der Waals surface area contributed by atoms with Gasteiger partial charge in [-0.05, 0) is 48.6 Å². The number of carbonyl (C=O) groups is 1. The third-order valence-corrected chi connectivity index (χ3v) is 5.24. The lowest BCUT2D eigenvalue weighted by atomic mass is 9.97. The summed E-state index contributed by atoms with van der Waals surface area (Å²) in [6, 6.07) is 20.0. The summed E-state index contributed by atoms with van der Waals surface area (Å²) in [5.41, 5.74) is 2.99. The van der Waals surface area contributed by atoms with Crippen LogP contribution >= 0.6 is 0 Å². The second-order valence-electron chi connectivity index (χ2n) is 7.58. The first-order valence-electron chi connectivity index (χ1n) is 9.88. The second-order valence-corrected chi connectivity index (χ2v) is 7.58. The van der Waals surface area contributed by atoms with Crippen LogP contribution < -0.4 is 5.32 Å². The lowest BCUT2D eigenvalue weighted by Gasteiger charge is -2.33. The first-order chi connectivity index (χ1) is 13.6. The van der Waals surface area contributed by atoms with Gasteiger partial charge in [-0.3, -0.25) is 4.90 Å². The molecule has 0 radical (unpaired) electrons. The van der Waals surface area contributed by atoms with Crippen molar-refractivity contribution in [1.82, 2.24) is 15.1 Å². The number of hydrogen-bond donors (Lipinski definition) is 1. The number of hydrogen-bond acceptors (Lipinski definition) is 3. The van der Waals surface area contributed by atoms with Crippen LogP contribution in [-0.2, 0) is 13.1 Å². The first-order valence-corrected chi connectivity index (χ1v) is 9.88. The SMILES string of the molecule is CN(Cc1ccc(C#N)cc1)C(=O)NC[C@@H]1CCCN(Cc2ccccc2)C1. The number of nitrogens with zero attached hydrogens (tertiary/aromatic N) is 3. The van der Waals surface area contributed by atoms with Gasteiger partial charge in [0.15, 0.2) is 0 Å². The van der Waals surface area contributed by atoms with Crippen LogP contribution in [0.15, 0.2) is 54.6 Å². The van der Waals surface area contributed by atoms with E-state index in [-0.39, 0.29) is 6.03 Å². The number of urea groups is 1. The molecule has 5 nitrogen and oxygen atoms in total. The Morgan fingerprint density at radius 1 is 1.18 bits per heavy atom. The van der Waals surface area contributed by atoms with Crippen LogP contribution in [0, 0.1) is 17.2 Å². The van der Waals surface area contributed by atoms with Crippen LogP contribution in [-0.4, -0.2) is 42.5 Å². The monoisotopic (exact) mass is 376 g/mol. The van der Waals surface area contributed by atoms with E-state index in [0.29, 0.717) is 24.6 Å². The van der Waals surface area contributed by atoms with Gasteiger partial charge in [0.05, 0.1) is 11.6 Å². The van der Waals surface area contributed by atoms with E-state index in [1.165, 1.54) is 12.0 Å². The molecule has 0 aliphatic carbocycles. The van der Waals surface area contributed by atoms with Crippen molar-refractivity contribution in [3.05, 3.63) is 71.3 Å². The fourth-order valence-electron chi connectivity index (χ4n) is 3.70. The molecule has 5 heteroatoms. The molecule has 1 aliphatic heterocycles. The minimum Gasteiger partial charge on any atom is -0.338 e. The molecular weight excluding hydrogens is 348 g/mol. The number of rotatable bonds is 6. The molecule has 0 aromatic heterocycles. The third-order valence-electron chi connectivity index (χ3n) is 5.24. The molecule has 1 atom stereocenters. The molecule has 3 rings (SSSR count). The predicted molar refractivity (Wildman–Crippen MR) is 110 cm³/mol. The van der Waals surface area contributed by atoms with Gasteiger partial charge in [-0.1, -0.05) is 42.5 Å². The lowest BCUT2D eigenvalue weighted by Crippen LogP contribution is -2.43. The molecule has 1 N–H and O–H groups in total. The highest BCUT2D eigenvalue weighted by Crippen LogP contribution is 2.18. The number of nitriles is 1. The Hall–Kier alpha value is -2.84. The van der Waals surface area contributed by atoms with Gasteiger partial charge in [0.1, 0.15) is 0 Å². The standard InChI is InChI=1S/C23H28N4O/c1-26(16-21-11-9-19(14-24)10-12-21)23(28)25-15-22-8-5-13-27(18-22)17-20-6-3-2-4-7-20/h2-4,6-7,9-12,22H,5,8,13,15-18H2,1H3,(H,25,28)/t22-/m0/s1. The lowest BCUT2D eigenvalue weighted by molar-refractivity contribution is 0.161. The zero-order valence-corrected chi connectivity index (χ0v) is 16.5. The largest absolute Gasteiger partial charge is 0.338 e. The van der Waals surface area contributed by atoms with Crippen molar-refractivity contribution in [2.75, 3.05) is 26.7 Å². The average molecular weight is 377 g/mol. The van der Waals surface area contributed by atoms with Gasteiger partial charge in [-0.15, -0.1) is 0 Å². The summed E-state index contributed by atoms with van der Waals surface area (Å²) in [4.78, 5) is 16.6. The molecule has 0 bridgehead atoms. The van der Waals surface area contributed by atoms with Crippen LogP contribution in [0.25, 0.3) is 0 Å². The highest BCUT2D eigenvalue weighted by atomic mass is 16.2. The van der Waals surface area contributed by atoms with Crippen LogP contribution in [0.5, 0.6) is 0 Å². The minimum atomic E-state index is -0.0513. The van der Waals surface area contributed by atoms with Crippen molar-refractivity contribution in [2.24, 2.45) is 5.92 Å². The van der Waals surface area contributed by atoms with Gasteiger partial charge in [0, 0.05) is 33.2 Å². The smallest absolute Gasteiger partial charge is 0.317 e. The van der Waals surface area contributed by atoms with Gasteiger partial charge in [0.25, 0.3) is 0 Å². The van der Waals surface area contributed by atoms with E-state index in [1.807, 2.05) is 18.2 Å². The Kier molecular flexibility index (Phi) is 7.05. The summed E-state index contributed by atoms with van der Waals surface area (Å²) in [7, 11) is 1.80. The number of likely N-dealkylation sites (tertiary alicyclic amines) is 1. The summed E-state index contributed by atoms with van der Waals surface area (Å²) in [6.07, 6.45) is 2.33. The van der Waals surface area contributed by atoms with E-state index in [2.05, 4.69) is 40.6 Å². The van der Waals surface area contributed by atoms with Gasteiger partial charge in [-0.2, -0.15) is 5.26 Å². The summed E-state index contributed by atoms with van der Waals surface area (Å²) >= 11 is 0. The molecule has 2 aromatic rings. The topological polar surface area (TPSA) is 59.4 Å². The number of piperidine rings is 1. The van der Waals surface area contributed by atoms with Crippen molar-refractivity contribution in [1.29, 1.82) is 5.26 Å². The fourth-order valence-corrected chi connectivity index (χ4v) is 3.70. The summed E-state index contributed by atoms with van der Waals surface area (Å²) in [6.45, 7) is 4.36. The summed E-state index contributed by atoms with van der Waals surface area (Å²) in [5, 5.41) is 12.0. The molecule has 0 unspecified atom stereocenters. The van der Waals surface area contributed by atoms with Crippen LogP contribution in [0.3, 0.4) is 0 Å². The maximum absolute atomic E-state index is 12.4. The first kappa shape index (κ1) is 19.9. The predicted octanol–water partition coefficient (Wildman–Crippen LogP) is 3.61. The van der Waals surface area contributed by atoms with Crippen LogP contribution in [0.4, 0.5) is 4.79 Å². The molecule has 2 aromatic carbocycles. The van der Waals surface area contributed by atoms with E-state index in [1.54, 1.807) is 24.1 Å².